The van der Waals surface area contributed by atoms with Crippen LogP contribution in [0.25, 0.3) is 0 Å². The molecule has 0 aliphatic carbocycles. The molecule has 106 valence electrons. The molecule has 0 saturated heterocycles. The van der Waals surface area contributed by atoms with Gasteiger partial charge < -0.3 is 5.73 Å². The summed E-state index contributed by atoms with van der Waals surface area (Å²) >= 11 is 12.3. The summed E-state index contributed by atoms with van der Waals surface area (Å²) in [5, 5.41) is 0.502. The summed E-state index contributed by atoms with van der Waals surface area (Å²) in [7, 11) is -3.78. The van der Waals surface area contributed by atoms with Crippen LogP contribution in [-0.4, -0.2) is 8.42 Å². The standard InChI is InChI=1S/C12H9Br2ClN2O2S/c13-7-1-3-10(16)12(5-7)20(18,19)17-11-4-2-8(15)6-9(11)14/h1-6,17H,16H2. The van der Waals surface area contributed by atoms with Gasteiger partial charge in [0.15, 0.2) is 0 Å². The molecule has 0 fully saturated rings. The zero-order chi connectivity index (χ0) is 14.9. The van der Waals surface area contributed by atoms with Crippen molar-refractivity contribution >= 4 is 64.9 Å². The van der Waals surface area contributed by atoms with Gasteiger partial charge in [0.2, 0.25) is 0 Å². The lowest BCUT2D eigenvalue weighted by atomic mass is 10.3. The van der Waals surface area contributed by atoms with E-state index in [9.17, 15) is 8.42 Å². The van der Waals surface area contributed by atoms with Crippen molar-refractivity contribution in [3.63, 3.8) is 0 Å². The Morgan fingerprint density at radius 3 is 2.45 bits per heavy atom. The largest absolute Gasteiger partial charge is 0.398 e. The molecule has 0 radical (unpaired) electrons. The van der Waals surface area contributed by atoms with Crippen LogP contribution >= 0.6 is 43.5 Å². The van der Waals surface area contributed by atoms with Crippen molar-refractivity contribution in [2.75, 3.05) is 10.5 Å². The Hall–Kier alpha value is -0.760. The first kappa shape index (κ1) is 15.6. The lowest BCUT2D eigenvalue weighted by Gasteiger charge is -2.12. The summed E-state index contributed by atoms with van der Waals surface area (Å²) in [4.78, 5) is 0.00808. The second kappa shape index (κ2) is 5.93. The molecule has 0 aliphatic rings. The zero-order valence-corrected chi connectivity index (χ0v) is 14.6. The normalized spacial score (nSPS) is 11.3. The molecule has 2 aromatic rings. The molecule has 0 spiro atoms. The molecule has 2 aromatic carbocycles. The Morgan fingerprint density at radius 1 is 1.10 bits per heavy atom. The Labute approximate surface area is 138 Å². The first-order valence-corrected chi connectivity index (χ1v) is 8.77. The van der Waals surface area contributed by atoms with Gasteiger partial charge in [0.1, 0.15) is 4.90 Å². The van der Waals surface area contributed by atoms with E-state index in [4.69, 9.17) is 17.3 Å². The van der Waals surface area contributed by atoms with Crippen molar-refractivity contribution in [3.05, 3.63) is 50.4 Å². The van der Waals surface area contributed by atoms with E-state index < -0.39 is 10.0 Å². The summed E-state index contributed by atoms with van der Waals surface area (Å²) in [6.45, 7) is 0. The monoisotopic (exact) mass is 438 g/mol. The third kappa shape index (κ3) is 3.46. The van der Waals surface area contributed by atoms with Crippen LogP contribution in [0.2, 0.25) is 5.02 Å². The van der Waals surface area contributed by atoms with E-state index in [0.717, 1.165) is 0 Å². The second-order valence-electron chi connectivity index (χ2n) is 3.91. The number of nitrogen functional groups attached to an aromatic ring is 1. The molecule has 4 nitrogen and oxygen atoms in total. The summed E-state index contributed by atoms with van der Waals surface area (Å²) < 4.78 is 28.3. The molecule has 0 aromatic heterocycles. The van der Waals surface area contributed by atoms with Crippen LogP contribution in [0.15, 0.2) is 50.2 Å². The van der Waals surface area contributed by atoms with Crippen molar-refractivity contribution in [1.82, 2.24) is 0 Å². The van der Waals surface area contributed by atoms with Gasteiger partial charge in [-0.2, -0.15) is 0 Å². The molecule has 20 heavy (non-hydrogen) atoms. The average molecular weight is 441 g/mol. The van der Waals surface area contributed by atoms with Crippen LogP contribution in [0.3, 0.4) is 0 Å². The highest BCUT2D eigenvalue weighted by Gasteiger charge is 2.19. The number of rotatable bonds is 3. The highest BCUT2D eigenvalue weighted by molar-refractivity contribution is 9.10. The van der Waals surface area contributed by atoms with Gasteiger partial charge in [-0.3, -0.25) is 4.72 Å². The zero-order valence-electron chi connectivity index (χ0n) is 9.90. The van der Waals surface area contributed by atoms with Crippen LogP contribution < -0.4 is 10.5 Å². The topological polar surface area (TPSA) is 72.2 Å². The number of hydrogen-bond donors (Lipinski definition) is 2. The Kier molecular flexibility index (Phi) is 4.63. The van der Waals surface area contributed by atoms with Gasteiger partial charge in [0.05, 0.1) is 11.4 Å². The van der Waals surface area contributed by atoms with E-state index in [-0.39, 0.29) is 10.6 Å². The molecular formula is C12H9Br2ClN2O2S. The fourth-order valence-corrected chi connectivity index (χ4v) is 4.18. The van der Waals surface area contributed by atoms with Crippen LogP contribution in [0.5, 0.6) is 0 Å². The maximum atomic E-state index is 12.3. The molecule has 0 aliphatic heterocycles. The molecule has 2 rings (SSSR count). The SMILES string of the molecule is Nc1ccc(Br)cc1S(=O)(=O)Nc1ccc(Cl)cc1Br. The summed E-state index contributed by atoms with van der Waals surface area (Å²) in [5.41, 5.74) is 6.27. The summed E-state index contributed by atoms with van der Waals surface area (Å²) in [6, 6.07) is 9.40. The van der Waals surface area contributed by atoms with Gasteiger partial charge in [-0.25, -0.2) is 8.42 Å². The average Bonchev–Trinajstić information content (AvgIpc) is 2.35. The summed E-state index contributed by atoms with van der Waals surface area (Å²) in [5.74, 6) is 0. The molecule has 3 N–H and O–H groups in total. The van der Waals surface area contributed by atoms with Crippen LogP contribution in [0.1, 0.15) is 0 Å². The molecule has 0 bridgehead atoms. The highest BCUT2D eigenvalue weighted by atomic mass is 79.9. The van der Waals surface area contributed by atoms with Gasteiger partial charge in [-0.15, -0.1) is 0 Å². The molecule has 0 atom stereocenters. The third-order valence-corrected chi connectivity index (χ3v) is 5.25. The van der Waals surface area contributed by atoms with E-state index >= 15 is 0 Å². The smallest absolute Gasteiger partial charge is 0.264 e. The van der Waals surface area contributed by atoms with Gasteiger partial charge in [-0.1, -0.05) is 27.5 Å². The molecular weight excluding hydrogens is 431 g/mol. The maximum Gasteiger partial charge on any atom is 0.264 e. The quantitative estimate of drug-likeness (QED) is 0.701. The Balaban J connectivity index is 2.43. The molecule has 0 heterocycles. The van der Waals surface area contributed by atoms with E-state index in [2.05, 4.69) is 36.6 Å². The number of benzene rings is 2. The van der Waals surface area contributed by atoms with Crippen molar-refractivity contribution in [2.24, 2.45) is 0 Å². The lowest BCUT2D eigenvalue weighted by Crippen LogP contribution is -2.15. The van der Waals surface area contributed by atoms with Crippen LogP contribution in [0.4, 0.5) is 11.4 Å². The predicted octanol–water partition coefficient (Wildman–Crippen LogP) is 4.25. The number of nitrogens with two attached hydrogens (primary N) is 1. The van der Waals surface area contributed by atoms with E-state index in [0.29, 0.717) is 19.7 Å². The van der Waals surface area contributed by atoms with Crippen molar-refractivity contribution < 1.29 is 8.42 Å². The number of hydrogen-bond acceptors (Lipinski definition) is 3. The summed E-state index contributed by atoms with van der Waals surface area (Å²) in [6.07, 6.45) is 0. The van der Waals surface area contributed by atoms with Crippen molar-refractivity contribution in [2.45, 2.75) is 4.90 Å². The maximum absolute atomic E-state index is 12.3. The number of sulfonamides is 1. The fourth-order valence-electron chi connectivity index (χ4n) is 1.51. The first-order chi connectivity index (χ1) is 9.29. The number of halogens is 3. The Morgan fingerprint density at radius 2 is 1.80 bits per heavy atom. The van der Waals surface area contributed by atoms with E-state index in [1.54, 1.807) is 24.3 Å². The van der Waals surface area contributed by atoms with Gasteiger partial charge in [-0.05, 0) is 52.3 Å². The molecule has 8 heteroatoms. The highest BCUT2D eigenvalue weighted by Crippen LogP contribution is 2.30. The second-order valence-corrected chi connectivity index (χ2v) is 7.77. The van der Waals surface area contributed by atoms with Crippen LogP contribution in [0, 0.1) is 0 Å². The minimum absolute atomic E-state index is 0.00808. The van der Waals surface area contributed by atoms with Gasteiger partial charge >= 0.3 is 0 Å². The van der Waals surface area contributed by atoms with Gasteiger partial charge in [0, 0.05) is 14.0 Å². The van der Waals surface area contributed by atoms with E-state index in [1.165, 1.54) is 12.1 Å². The Bertz CT molecular complexity index is 766. The molecule has 0 unspecified atom stereocenters. The number of nitrogens with one attached hydrogen (secondary N) is 1. The van der Waals surface area contributed by atoms with Crippen molar-refractivity contribution in [1.29, 1.82) is 0 Å². The first-order valence-electron chi connectivity index (χ1n) is 5.32. The van der Waals surface area contributed by atoms with Crippen LogP contribution in [-0.2, 0) is 10.0 Å². The minimum Gasteiger partial charge on any atom is -0.398 e. The molecule has 0 saturated carbocycles. The lowest BCUT2D eigenvalue weighted by molar-refractivity contribution is 0.601. The molecule has 0 amide bonds. The predicted molar refractivity (Wildman–Crippen MR) is 88.5 cm³/mol. The fraction of sp³-hybridized carbons (Fsp3) is 0. The minimum atomic E-state index is -3.78. The number of anilines is 2. The third-order valence-electron chi connectivity index (χ3n) is 2.44. The van der Waals surface area contributed by atoms with Crippen molar-refractivity contribution in [3.8, 4) is 0 Å². The van der Waals surface area contributed by atoms with Gasteiger partial charge in [0.25, 0.3) is 10.0 Å². The van der Waals surface area contributed by atoms with E-state index in [1.807, 2.05) is 0 Å².